The van der Waals surface area contributed by atoms with Crippen molar-refractivity contribution in [2.75, 3.05) is 38.0 Å². The van der Waals surface area contributed by atoms with Crippen molar-refractivity contribution >= 4 is 68.7 Å². The van der Waals surface area contributed by atoms with Crippen LogP contribution in [-0.2, 0) is 38.2 Å². The van der Waals surface area contributed by atoms with Gasteiger partial charge in [-0.05, 0) is 188 Å². The third kappa shape index (κ3) is 19.8. The number of hydrogen-bond donors (Lipinski definition) is 0. The molecule has 0 radical (unpaired) electrons. The molecule has 0 spiro atoms. The van der Waals surface area contributed by atoms with Crippen molar-refractivity contribution < 1.29 is 66.7 Å². The Morgan fingerprint density at radius 3 is 1.41 bits per heavy atom. The summed E-state index contributed by atoms with van der Waals surface area (Å²) >= 11 is 1.49. The molecular weight excluding hydrogens is 1070 g/mol. The standard InChI is InChI=1S/C64H73N3O14S/c1-4-7-38-67(64-66-55-18-12-13-19-57(55)82-64)65-44-49-43-54(80-62(72)47-22-20-45(21-23-47)60(70)78-52-32-28-50(29-33-52)74-39-14-8-10-16-41-76-58(68)5-2)36-37-56(49)81-63(73)48-26-24-46(25-27-48)61(71)79-53-34-30-51(31-35-53)75-40-15-9-11-17-42-77-59(69)6-3/h4-6,12-13,18-19,28-37,43-48H,1-3,7-11,14-17,20-27,38-42H2/b65-44+/t45-,46-,47-,48-. The third-order valence-corrected chi connectivity index (χ3v) is 15.2. The molecule has 434 valence electrons. The van der Waals surface area contributed by atoms with Crippen molar-refractivity contribution in [2.45, 2.75) is 109 Å². The van der Waals surface area contributed by atoms with Gasteiger partial charge in [0.2, 0.25) is 5.13 Å². The topological polar surface area (TPSA) is 205 Å². The molecule has 0 N–H and O–H groups in total. The van der Waals surface area contributed by atoms with Crippen LogP contribution in [0.4, 0.5) is 5.13 Å². The van der Waals surface area contributed by atoms with Gasteiger partial charge in [0, 0.05) is 24.3 Å². The maximum Gasteiger partial charge on any atom is 0.330 e. The molecule has 7 rings (SSSR count). The second-order valence-corrected chi connectivity index (χ2v) is 21.1. The summed E-state index contributed by atoms with van der Waals surface area (Å²) in [5, 5.41) is 7.24. The second kappa shape index (κ2) is 33.0. The van der Waals surface area contributed by atoms with Gasteiger partial charge in [0.05, 0.1) is 66.5 Å². The molecule has 1 heterocycles. The number of anilines is 1. The van der Waals surface area contributed by atoms with E-state index in [1.54, 1.807) is 84.0 Å². The maximum atomic E-state index is 13.9. The largest absolute Gasteiger partial charge is 0.494 e. The summed E-state index contributed by atoms with van der Waals surface area (Å²) in [6.07, 6.45) is 16.7. The number of esters is 6. The quantitative estimate of drug-likeness (QED) is 0.00747. The lowest BCUT2D eigenvalue weighted by Crippen LogP contribution is -2.30. The Bertz CT molecular complexity index is 2920. The van der Waals surface area contributed by atoms with Gasteiger partial charge in [-0.25, -0.2) is 19.6 Å². The second-order valence-electron chi connectivity index (χ2n) is 20.1. The summed E-state index contributed by atoms with van der Waals surface area (Å²) in [6.45, 7) is 12.9. The maximum absolute atomic E-state index is 13.9. The van der Waals surface area contributed by atoms with Crippen LogP contribution in [0, 0.1) is 23.7 Å². The van der Waals surface area contributed by atoms with E-state index in [4.69, 9.17) is 48.0 Å². The van der Waals surface area contributed by atoms with Crippen LogP contribution in [0.2, 0.25) is 0 Å². The van der Waals surface area contributed by atoms with E-state index in [0.29, 0.717) is 124 Å². The number of thiazole rings is 1. The first-order chi connectivity index (χ1) is 40.0. The lowest BCUT2D eigenvalue weighted by atomic mass is 9.82. The molecule has 2 fully saturated rings. The van der Waals surface area contributed by atoms with Crippen LogP contribution in [0.1, 0.15) is 115 Å². The normalized spacial score (nSPS) is 16.7. The van der Waals surface area contributed by atoms with E-state index in [9.17, 15) is 28.8 Å². The number of nitrogens with zero attached hydrogens (tertiary/aromatic N) is 3. The Hall–Kier alpha value is -8.12. The zero-order valence-electron chi connectivity index (χ0n) is 46.4. The molecule has 0 amide bonds. The fourth-order valence-electron chi connectivity index (χ4n) is 9.39. The van der Waals surface area contributed by atoms with Crippen molar-refractivity contribution in [3.63, 3.8) is 0 Å². The number of aromatic nitrogens is 1. The first-order valence-corrected chi connectivity index (χ1v) is 29.1. The summed E-state index contributed by atoms with van der Waals surface area (Å²) in [6, 6.07) is 26.4. The van der Waals surface area contributed by atoms with Gasteiger partial charge in [0.25, 0.3) is 0 Å². The lowest BCUT2D eigenvalue weighted by Gasteiger charge is -2.26. The van der Waals surface area contributed by atoms with E-state index in [0.717, 1.165) is 73.7 Å². The Labute approximate surface area is 483 Å². The van der Waals surface area contributed by atoms with Crippen molar-refractivity contribution in [3.05, 3.63) is 135 Å². The molecule has 2 aliphatic carbocycles. The first kappa shape index (κ1) is 61.5. The molecule has 0 bridgehead atoms. The monoisotopic (exact) mass is 1140 g/mol. The van der Waals surface area contributed by atoms with Crippen molar-refractivity contribution in [1.29, 1.82) is 0 Å². The van der Waals surface area contributed by atoms with E-state index in [-0.39, 0.29) is 29.4 Å². The molecule has 2 aliphatic rings. The van der Waals surface area contributed by atoms with Gasteiger partial charge >= 0.3 is 35.8 Å². The summed E-state index contributed by atoms with van der Waals surface area (Å²) in [5.41, 5.74) is 1.22. The van der Waals surface area contributed by atoms with E-state index >= 15 is 0 Å². The van der Waals surface area contributed by atoms with Crippen molar-refractivity contribution in [3.8, 4) is 34.5 Å². The lowest BCUT2D eigenvalue weighted by molar-refractivity contribution is -0.145. The third-order valence-electron chi connectivity index (χ3n) is 14.1. The number of benzene rings is 4. The highest BCUT2D eigenvalue weighted by molar-refractivity contribution is 7.22. The zero-order chi connectivity index (χ0) is 57.9. The number of hydrazone groups is 1. The number of ether oxygens (including phenoxy) is 8. The molecule has 4 aromatic carbocycles. The fraction of sp³-hybridized carbons (Fsp3) is 0.406. The number of fused-ring (bicyclic) bond motifs is 1. The molecule has 0 saturated heterocycles. The molecule has 82 heavy (non-hydrogen) atoms. The van der Waals surface area contributed by atoms with E-state index < -0.39 is 41.6 Å². The summed E-state index contributed by atoms with van der Waals surface area (Å²) < 4.78 is 46.2. The predicted molar refractivity (Wildman–Crippen MR) is 312 cm³/mol. The number of unbranched alkanes of at least 4 members (excludes halogenated alkanes) is 6. The smallest absolute Gasteiger partial charge is 0.330 e. The highest BCUT2D eigenvalue weighted by Crippen LogP contribution is 2.36. The van der Waals surface area contributed by atoms with Gasteiger partial charge in [0.1, 0.15) is 34.5 Å². The van der Waals surface area contributed by atoms with Crippen LogP contribution in [0.3, 0.4) is 0 Å². The number of rotatable bonds is 32. The van der Waals surface area contributed by atoms with Crippen molar-refractivity contribution in [1.82, 2.24) is 4.98 Å². The molecular formula is C64H73N3O14S. The van der Waals surface area contributed by atoms with Gasteiger partial charge in [-0.15, -0.1) is 6.58 Å². The summed E-state index contributed by atoms with van der Waals surface area (Å²) in [7, 11) is 0. The number of carbonyl (C=O) groups excluding carboxylic acids is 6. The minimum absolute atomic E-state index is 0.217. The summed E-state index contributed by atoms with van der Waals surface area (Å²) in [5.74, 6) is -1.55. The summed E-state index contributed by atoms with van der Waals surface area (Å²) in [4.78, 5) is 81.2. The van der Waals surface area contributed by atoms with Gasteiger partial charge in [-0.1, -0.05) is 42.7 Å². The predicted octanol–water partition coefficient (Wildman–Crippen LogP) is 12.7. The van der Waals surface area contributed by atoms with Crippen LogP contribution < -0.4 is 33.4 Å². The molecule has 2 saturated carbocycles. The van der Waals surface area contributed by atoms with Crippen LogP contribution in [0.15, 0.2) is 134 Å². The number of carbonyl (C=O) groups is 6. The van der Waals surface area contributed by atoms with Crippen LogP contribution in [0.5, 0.6) is 34.5 Å². The van der Waals surface area contributed by atoms with E-state index in [1.165, 1.54) is 11.3 Å². The van der Waals surface area contributed by atoms with Crippen LogP contribution >= 0.6 is 11.3 Å². The average molecular weight is 1140 g/mol. The zero-order valence-corrected chi connectivity index (χ0v) is 47.2. The molecule has 0 unspecified atom stereocenters. The average Bonchev–Trinajstić information content (AvgIpc) is 4.12. The van der Waals surface area contributed by atoms with Crippen LogP contribution in [-0.4, -0.2) is 80.0 Å². The molecule has 0 atom stereocenters. The van der Waals surface area contributed by atoms with E-state index in [2.05, 4.69) is 19.7 Å². The van der Waals surface area contributed by atoms with Gasteiger partial charge in [0.15, 0.2) is 0 Å². The fourth-order valence-corrected chi connectivity index (χ4v) is 10.3. The number of para-hydroxylation sites is 1. The molecule has 0 aliphatic heterocycles. The molecule has 18 heteroatoms. The Kier molecular flexibility index (Phi) is 24.7. The van der Waals surface area contributed by atoms with Crippen molar-refractivity contribution in [2.24, 2.45) is 28.8 Å². The van der Waals surface area contributed by atoms with E-state index in [1.807, 2.05) is 24.3 Å². The highest BCUT2D eigenvalue weighted by Gasteiger charge is 2.34. The van der Waals surface area contributed by atoms with Crippen LogP contribution in [0.25, 0.3) is 10.2 Å². The molecule has 1 aromatic heterocycles. The minimum Gasteiger partial charge on any atom is -0.494 e. The van der Waals surface area contributed by atoms with Gasteiger partial charge in [-0.3, -0.25) is 19.2 Å². The molecule has 17 nitrogen and oxygen atoms in total. The molecule has 5 aromatic rings. The highest BCUT2D eigenvalue weighted by atomic mass is 32.1. The van der Waals surface area contributed by atoms with Gasteiger partial charge in [-0.2, -0.15) is 5.10 Å². The van der Waals surface area contributed by atoms with Gasteiger partial charge < -0.3 is 37.9 Å². The SMILES string of the molecule is C=CCCN(/N=C/c1cc(OC(=O)[C@H]2CC[C@H](C(=O)Oc3ccc(OCCCCCCOC(=O)C=C)cc3)CC2)ccc1OC(=O)[C@H]1CC[C@H](C(=O)Oc2ccc(OCCCCCCOC(=O)C=C)cc2)CC1)c1nc2ccccc2s1. The Morgan fingerprint density at radius 1 is 0.524 bits per heavy atom. The first-order valence-electron chi connectivity index (χ1n) is 28.3. The number of hydrogen-bond acceptors (Lipinski definition) is 18. The Morgan fingerprint density at radius 2 is 0.951 bits per heavy atom. The Balaban J connectivity index is 0.897. The minimum atomic E-state index is -0.473.